The van der Waals surface area contributed by atoms with Gasteiger partial charge in [0.2, 0.25) is 0 Å². The van der Waals surface area contributed by atoms with Crippen LogP contribution in [0.3, 0.4) is 0 Å². The normalized spacial score (nSPS) is 9.50. The van der Waals surface area contributed by atoms with E-state index in [1.807, 2.05) is 48.5 Å². The highest BCUT2D eigenvalue weighted by molar-refractivity contribution is 5.39. The summed E-state index contributed by atoms with van der Waals surface area (Å²) in [5.41, 5.74) is 2.22. The number of aryl methyl sites for hydroxylation is 1. The number of rotatable bonds is 4. The summed E-state index contributed by atoms with van der Waals surface area (Å²) in [7, 11) is 3.32. The van der Waals surface area contributed by atoms with E-state index in [-0.39, 0.29) is 0 Å². The summed E-state index contributed by atoms with van der Waals surface area (Å²) in [5, 5.41) is 0. The molecular formula is C18H18O2. The highest BCUT2D eigenvalue weighted by atomic mass is 16.5. The van der Waals surface area contributed by atoms with Crippen LogP contribution in [0.4, 0.5) is 0 Å². The predicted octanol–water partition coefficient (Wildman–Crippen LogP) is 3.69. The monoisotopic (exact) mass is 266 g/mol. The highest BCUT2D eigenvalue weighted by Crippen LogP contribution is 2.23. The van der Waals surface area contributed by atoms with Crippen molar-refractivity contribution in [1.29, 1.82) is 0 Å². The van der Waals surface area contributed by atoms with Gasteiger partial charge >= 0.3 is 0 Å². The summed E-state index contributed by atoms with van der Waals surface area (Å²) >= 11 is 0. The van der Waals surface area contributed by atoms with Crippen LogP contribution in [0.15, 0.2) is 48.5 Å². The van der Waals surface area contributed by atoms with Crippen LogP contribution in [0.25, 0.3) is 0 Å². The predicted molar refractivity (Wildman–Crippen MR) is 81.2 cm³/mol. The lowest BCUT2D eigenvalue weighted by Crippen LogP contribution is -1.91. The molecule has 0 saturated carbocycles. The fourth-order valence-corrected chi connectivity index (χ4v) is 1.90. The van der Waals surface area contributed by atoms with Gasteiger partial charge in [0.25, 0.3) is 0 Å². The lowest BCUT2D eigenvalue weighted by Gasteiger charge is -2.07. The minimum absolute atomic E-state index is 0.811. The van der Waals surface area contributed by atoms with E-state index in [1.54, 1.807) is 14.2 Å². The van der Waals surface area contributed by atoms with Crippen LogP contribution < -0.4 is 9.47 Å². The summed E-state index contributed by atoms with van der Waals surface area (Å²) in [4.78, 5) is 0. The first-order valence-corrected chi connectivity index (χ1v) is 6.57. The first-order valence-electron chi connectivity index (χ1n) is 6.57. The van der Waals surface area contributed by atoms with Gasteiger partial charge in [-0.3, -0.25) is 0 Å². The van der Waals surface area contributed by atoms with Crippen LogP contribution in [-0.2, 0) is 6.42 Å². The van der Waals surface area contributed by atoms with E-state index >= 15 is 0 Å². The Morgan fingerprint density at radius 3 is 2.15 bits per heavy atom. The van der Waals surface area contributed by atoms with Gasteiger partial charge in [0.15, 0.2) is 0 Å². The number of benzene rings is 2. The molecule has 0 heterocycles. The lowest BCUT2D eigenvalue weighted by atomic mass is 10.1. The SMILES string of the molecule is COc1cc(CCC#Cc2ccccc2)cc(OC)c1. The van der Waals surface area contributed by atoms with Crippen molar-refractivity contribution in [2.24, 2.45) is 0 Å². The molecule has 2 heteroatoms. The molecule has 0 aliphatic carbocycles. The number of hydrogen-bond donors (Lipinski definition) is 0. The third-order valence-electron chi connectivity index (χ3n) is 2.96. The van der Waals surface area contributed by atoms with E-state index in [4.69, 9.17) is 9.47 Å². The standard InChI is InChI=1S/C18H18O2/c1-19-17-12-16(13-18(14-17)20-2)11-7-6-10-15-8-4-3-5-9-15/h3-5,8-9,12-14H,7,11H2,1-2H3. The Bertz CT molecular complexity index is 584. The number of ether oxygens (including phenoxy) is 2. The Morgan fingerprint density at radius 2 is 1.55 bits per heavy atom. The van der Waals surface area contributed by atoms with Gasteiger partial charge in [-0.2, -0.15) is 0 Å². The molecule has 0 bridgehead atoms. The highest BCUT2D eigenvalue weighted by Gasteiger charge is 2.01. The molecular weight excluding hydrogens is 248 g/mol. The molecule has 0 radical (unpaired) electrons. The summed E-state index contributed by atoms with van der Waals surface area (Å²) in [6.45, 7) is 0. The van der Waals surface area contributed by atoms with Crippen molar-refractivity contribution in [3.8, 4) is 23.3 Å². The Labute approximate surface area is 120 Å². The van der Waals surface area contributed by atoms with E-state index in [0.29, 0.717) is 0 Å². The average Bonchev–Trinajstić information content (AvgIpc) is 2.52. The molecule has 0 amide bonds. The zero-order valence-electron chi connectivity index (χ0n) is 11.8. The summed E-state index contributed by atoms with van der Waals surface area (Å²) in [5.74, 6) is 7.98. The second kappa shape index (κ2) is 7.25. The Morgan fingerprint density at radius 1 is 0.900 bits per heavy atom. The minimum atomic E-state index is 0.811. The zero-order chi connectivity index (χ0) is 14.2. The van der Waals surface area contributed by atoms with Crippen molar-refractivity contribution in [3.63, 3.8) is 0 Å². The maximum Gasteiger partial charge on any atom is 0.122 e. The molecule has 0 fully saturated rings. The van der Waals surface area contributed by atoms with E-state index < -0.39 is 0 Å². The Kier molecular flexibility index (Phi) is 5.08. The van der Waals surface area contributed by atoms with Gasteiger partial charge in [0.1, 0.15) is 11.5 Å². The molecule has 0 atom stereocenters. The van der Waals surface area contributed by atoms with Crippen LogP contribution in [0.1, 0.15) is 17.5 Å². The van der Waals surface area contributed by atoms with E-state index in [1.165, 1.54) is 5.56 Å². The molecule has 2 nitrogen and oxygen atoms in total. The molecule has 0 aliphatic heterocycles. The number of methoxy groups -OCH3 is 2. The van der Waals surface area contributed by atoms with Crippen molar-refractivity contribution in [2.75, 3.05) is 14.2 Å². The largest absolute Gasteiger partial charge is 0.497 e. The fourth-order valence-electron chi connectivity index (χ4n) is 1.90. The lowest BCUT2D eigenvalue weighted by molar-refractivity contribution is 0.393. The maximum atomic E-state index is 5.26. The van der Waals surface area contributed by atoms with Crippen molar-refractivity contribution in [1.82, 2.24) is 0 Å². The molecule has 0 unspecified atom stereocenters. The van der Waals surface area contributed by atoms with Crippen LogP contribution >= 0.6 is 0 Å². The maximum absolute atomic E-state index is 5.26. The quantitative estimate of drug-likeness (QED) is 0.786. The first-order chi connectivity index (χ1) is 9.81. The van der Waals surface area contributed by atoms with Crippen molar-refractivity contribution >= 4 is 0 Å². The molecule has 0 spiro atoms. The van der Waals surface area contributed by atoms with Gasteiger partial charge in [-0.25, -0.2) is 0 Å². The third kappa shape index (κ3) is 4.07. The van der Waals surface area contributed by atoms with Gasteiger partial charge < -0.3 is 9.47 Å². The van der Waals surface area contributed by atoms with Gasteiger partial charge in [-0.1, -0.05) is 30.0 Å². The average molecular weight is 266 g/mol. The fraction of sp³-hybridized carbons (Fsp3) is 0.222. The third-order valence-corrected chi connectivity index (χ3v) is 2.96. The smallest absolute Gasteiger partial charge is 0.122 e. The van der Waals surface area contributed by atoms with Crippen LogP contribution in [-0.4, -0.2) is 14.2 Å². The summed E-state index contributed by atoms with van der Waals surface area (Å²) in [6.07, 6.45) is 1.69. The van der Waals surface area contributed by atoms with Crippen molar-refractivity contribution in [2.45, 2.75) is 12.8 Å². The van der Waals surface area contributed by atoms with Gasteiger partial charge in [-0.15, -0.1) is 0 Å². The molecule has 102 valence electrons. The molecule has 0 saturated heterocycles. The second-order valence-electron chi connectivity index (χ2n) is 4.39. The topological polar surface area (TPSA) is 18.5 Å². The molecule has 2 rings (SSSR count). The minimum Gasteiger partial charge on any atom is -0.497 e. The van der Waals surface area contributed by atoms with Crippen molar-refractivity contribution in [3.05, 3.63) is 59.7 Å². The second-order valence-corrected chi connectivity index (χ2v) is 4.39. The Hall–Kier alpha value is -2.40. The van der Waals surface area contributed by atoms with Crippen LogP contribution in [0.5, 0.6) is 11.5 Å². The van der Waals surface area contributed by atoms with Gasteiger partial charge in [0.05, 0.1) is 14.2 Å². The Balaban J connectivity index is 1.99. The van der Waals surface area contributed by atoms with Gasteiger partial charge in [-0.05, 0) is 36.2 Å². The van der Waals surface area contributed by atoms with E-state index in [2.05, 4.69) is 11.8 Å². The van der Waals surface area contributed by atoms with E-state index in [9.17, 15) is 0 Å². The molecule has 0 N–H and O–H groups in total. The van der Waals surface area contributed by atoms with E-state index in [0.717, 1.165) is 29.9 Å². The van der Waals surface area contributed by atoms with Gasteiger partial charge in [0, 0.05) is 18.1 Å². The molecule has 0 aliphatic rings. The summed E-state index contributed by atoms with van der Waals surface area (Å²) < 4.78 is 10.5. The molecule has 0 aromatic heterocycles. The number of hydrogen-bond acceptors (Lipinski definition) is 2. The molecule has 2 aromatic carbocycles. The molecule has 2 aromatic rings. The zero-order valence-corrected chi connectivity index (χ0v) is 11.8. The molecule has 20 heavy (non-hydrogen) atoms. The van der Waals surface area contributed by atoms with Crippen molar-refractivity contribution < 1.29 is 9.47 Å². The van der Waals surface area contributed by atoms with Crippen LogP contribution in [0, 0.1) is 11.8 Å². The summed E-state index contributed by atoms with van der Waals surface area (Å²) in [6, 6.07) is 15.9. The van der Waals surface area contributed by atoms with Crippen LogP contribution in [0.2, 0.25) is 0 Å². The first kappa shape index (κ1) is 14.0.